The van der Waals surface area contributed by atoms with Crippen LogP contribution in [0.5, 0.6) is 0 Å². The summed E-state index contributed by atoms with van der Waals surface area (Å²) in [6.07, 6.45) is 1.32. The Morgan fingerprint density at radius 1 is 1.38 bits per heavy atom. The Morgan fingerprint density at radius 2 is 2.00 bits per heavy atom. The SMILES string of the molecule is CCC1C(C)C1CN. The predicted molar refractivity (Wildman–Crippen MR) is 35.5 cm³/mol. The first-order chi connectivity index (χ1) is 3.81. The Balaban J connectivity index is 2.23. The van der Waals surface area contributed by atoms with Gasteiger partial charge < -0.3 is 5.73 Å². The van der Waals surface area contributed by atoms with Gasteiger partial charge in [-0.25, -0.2) is 0 Å². The van der Waals surface area contributed by atoms with Gasteiger partial charge in [0.15, 0.2) is 0 Å². The summed E-state index contributed by atoms with van der Waals surface area (Å²) in [4.78, 5) is 0. The molecule has 1 rings (SSSR count). The zero-order chi connectivity index (χ0) is 6.15. The molecule has 2 N–H and O–H groups in total. The molecule has 0 radical (unpaired) electrons. The molecule has 0 heterocycles. The van der Waals surface area contributed by atoms with Crippen molar-refractivity contribution in [2.24, 2.45) is 23.5 Å². The van der Waals surface area contributed by atoms with Crippen molar-refractivity contribution in [3.8, 4) is 0 Å². The molecule has 48 valence electrons. The normalized spacial score (nSPS) is 44.6. The Bertz CT molecular complexity index is 70.5. The number of rotatable bonds is 2. The van der Waals surface area contributed by atoms with Gasteiger partial charge in [0.2, 0.25) is 0 Å². The molecule has 0 aromatic carbocycles. The third kappa shape index (κ3) is 0.752. The minimum absolute atomic E-state index is 0.861. The minimum Gasteiger partial charge on any atom is -0.330 e. The monoisotopic (exact) mass is 113 g/mol. The third-order valence-corrected chi connectivity index (χ3v) is 2.50. The second kappa shape index (κ2) is 2.06. The first kappa shape index (κ1) is 6.09. The van der Waals surface area contributed by atoms with Crippen molar-refractivity contribution in [2.75, 3.05) is 6.54 Å². The lowest BCUT2D eigenvalue weighted by molar-refractivity contribution is 0.685. The minimum atomic E-state index is 0.861. The first-order valence-electron chi connectivity index (χ1n) is 3.51. The van der Waals surface area contributed by atoms with Crippen molar-refractivity contribution in [1.29, 1.82) is 0 Å². The molecule has 3 atom stereocenters. The summed E-state index contributed by atoms with van der Waals surface area (Å²) in [7, 11) is 0. The molecular weight excluding hydrogens is 98.1 g/mol. The van der Waals surface area contributed by atoms with Gasteiger partial charge in [0.05, 0.1) is 0 Å². The average molecular weight is 113 g/mol. The molecule has 0 bridgehead atoms. The van der Waals surface area contributed by atoms with E-state index in [2.05, 4.69) is 13.8 Å². The molecule has 1 fully saturated rings. The van der Waals surface area contributed by atoms with E-state index in [1.54, 1.807) is 0 Å². The molecule has 1 saturated carbocycles. The molecular formula is C7H15N. The van der Waals surface area contributed by atoms with E-state index < -0.39 is 0 Å². The maximum absolute atomic E-state index is 5.49. The molecule has 1 heteroatoms. The van der Waals surface area contributed by atoms with Gasteiger partial charge in [0.1, 0.15) is 0 Å². The number of hydrogen-bond donors (Lipinski definition) is 1. The summed E-state index contributed by atoms with van der Waals surface area (Å²) in [5.41, 5.74) is 5.49. The van der Waals surface area contributed by atoms with E-state index in [0.29, 0.717) is 0 Å². The Kier molecular flexibility index (Phi) is 1.57. The van der Waals surface area contributed by atoms with Crippen LogP contribution in [-0.4, -0.2) is 6.54 Å². The molecule has 0 aromatic rings. The highest BCUT2D eigenvalue weighted by molar-refractivity contribution is 4.93. The quantitative estimate of drug-likeness (QED) is 0.573. The van der Waals surface area contributed by atoms with Crippen LogP contribution in [0.4, 0.5) is 0 Å². The van der Waals surface area contributed by atoms with E-state index in [1.165, 1.54) is 6.42 Å². The zero-order valence-electron chi connectivity index (χ0n) is 5.72. The van der Waals surface area contributed by atoms with Crippen LogP contribution >= 0.6 is 0 Å². The Labute approximate surface area is 51.3 Å². The van der Waals surface area contributed by atoms with Gasteiger partial charge in [-0.05, 0) is 24.3 Å². The zero-order valence-corrected chi connectivity index (χ0v) is 5.72. The largest absolute Gasteiger partial charge is 0.330 e. The van der Waals surface area contributed by atoms with Gasteiger partial charge in [0, 0.05) is 0 Å². The molecule has 0 spiro atoms. The Morgan fingerprint density at radius 3 is 2.12 bits per heavy atom. The van der Waals surface area contributed by atoms with Crippen molar-refractivity contribution >= 4 is 0 Å². The lowest BCUT2D eigenvalue weighted by Crippen LogP contribution is -2.02. The standard InChI is InChI=1S/C7H15N/c1-3-6-5(2)7(6)4-8/h5-7H,3-4,8H2,1-2H3. The summed E-state index contributed by atoms with van der Waals surface area (Å²) in [6, 6.07) is 0. The summed E-state index contributed by atoms with van der Waals surface area (Å²) in [6.45, 7) is 5.45. The van der Waals surface area contributed by atoms with Crippen LogP contribution in [0.1, 0.15) is 20.3 Å². The fourth-order valence-electron chi connectivity index (χ4n) is 1.70. The second-order valence-corrected chi connectivity index (χ2v) is 2.83. The summed E-state index contributed by atoms with van der Waals surface area (Å²) >= 11 is 0. The van der Waals surface area contributed by atoms with Gasteiger partial charge in [-0.15, -0.1) is 0 Å². The van der Waals surface area contributed by atoms with E-state index in [0.717, 1.165) is 24.3 Å². The molecule has 8 heavy (non-hydrogen) atoms. The van der Waals surface area contributed by atoms with E-state index >= 15 is 0 Å². The molecule has 0 aromatic heterocycles. The van der Waals surface area contributed by atoms with Gasteiger partial charge in [-0.1, -0.05) is 20.3 Å². The van der Waals surface area contributed by atoms with E-state index in [1.807, 2.05) is 0 Å². The van der Waals surface area contributed by atoms with Gasteiger partial charge >= 0.3 is 0 Å². The molecule has 0 amide bonds. The molecule has 1 aliphatic rings. The molecule has 0 aliphatic heterocycles. The van der Waals surface area contributed by atoms with Crippen molar-refractivity contribution in [3.63, 3.8) is 0 Å². The third-order valence-electron chi connectivity index (χ3n) is 2.50. The maximum Gasteiger partial charge on any atom is -0.00435 e. The highest BCUT2D eigenvalue weighted by atomic mass is 14.6. The van der Waals surface area contributed by atoms with E-state index in [-0.39, 0.29) is 0 Å². The van der Waals surface area contributed by atoms with Crippen LogP contribution in [0.15, 0.2) is 0 Å². The van der Waals surface area contributed by atoms with E-state index in [9.17, 15) is 0 Å². The molecule has 1 nitrogen and oxygen atoms in total. The van der Waals surface area contributed by atoms with Crippen LogP contribution in [0.25, 0.3) is 0 Å². The highest BCUT2D eigenvalue weighted by Crippen LogP contribution is 2.46. The summed E-state index contributed by atoms with van der Waals surface area (Å²) in [5, 5.41) is 0. The number of nitrogens with two attached hydrogens (primary N) is 1. The van der Waals surface area contributed by atoms with Gasteiger partial charge in [0.25, 0.3) is 0 Å². The van der Waals surface area contributed by atoms with Crippen molar-refractivity contribution in [2.45, 2.75) is 20.3 Å². The summed E-state index contributed by atoms with van der Waals surface area (Å²) < 4.78 is 0. The van der Waals surface area contributed by atoms with Crippen LogP contribution < -0.4 is 5.73 Å². The maximum atomic E-state index is 5.49. The average Bonchev–Trinajstić information content (AvgIpc) is 2.40. The van der Waals surface area contributed by atoms with Crippen LogP contribution in [-0.2, 0) is 0 Å². The topological polar surface area (TPSA) is 26.0 Å². The molecule has 3 unspecified atom stereocenters. The highest BCUT2D eigenvalue weighted by Gasteiger charge is 2.43. The second-order valence-electron chi connectivity index (χ2n) is 2.83. The smallest absolute Gasteiger partial charge is 0.00435 e. The van der Waals surface area contributed by atoms with Crippen LogP contribution in [0, 0.1) is 17.8 Å². The van der Waals surface area contributed by atoms with Gasteiger partial charge in [-0.2, -0.15) is 0 Å². The van der Waals surface area contributed by atoms with Crippen molar-refractivity contribution in [3.05, 3.63) is 0 Å². The van der Waals surface area contributed by atoms with Crippen LogP contribution in [0.3, 0.4) is 0 Å². The van der Waals surface area contributed by atoms with E-state index in [4.69, 9.17) is 5.73 Å². The lowest BCUT2D eigenvalue weighted by Gasteiger charge is -1.85. The van der Waals surface area contributed by atoms with Crippen molar-refractivity contribution in [1.82, 2.24) is 0 Å². The predicted octanol–water partition coefficient (Wildman–Crippen LogP) is 1.24. The fourth-order valence-corrected chi connectivity index (χ4v) is 1.70. The lowest BCUT2D eigenvalue weighted by atomic mass is 10.2. The van der Waals surface area contributed by atoms with Gasteiger partial charge in [-0.3, -0.25) is 0 Å². The number of hydrogen-bond acceptors (Lipinski definition) is 1. The van der Waals surface area contributed by atoms with Crippen LogP contribution in [0.2, 0.25) is 0 Å². The summed E-state index contributed by atoms with van der Waals surface area (Å²) in [5.74, 6) is 2.74. The van der Waals surface area contributed by atoms with Crippen molar-refractivity contribution < 1.29 is 0 Å². The Hall–Kier alpha value is -0.0400. The molecule has 0 saturated heterocycles. The first-order valence-corrected chi connectivity index (χ1v) is 3.51. The molecule has 1 aliphatic carbocycles. The fraction of sp³-hybridized carbons (Fsp3) is 1.00.